The molecule has 4 rings (SSSR count). The molecule has 0 radical (unpaired) electrons. The van der Waals surface area contributed by atoms with Gasteiger partial charge < -0.3 is 9.80 Å². The summed E-state index contributed by atoms with van der Waals surface area (Å²) in [5, 5.41) is 4.31. The Hall–Kier alpha value is -2.63. The van der Waals surface area contributed by atoms with Crippen LogP contribution in [0.1, 0.15) is 36.0 Å². The fraction of sp³-hybridized carbons (Fsp3) is 0.450. The summed E-state index contributed by atoms with van der Waals surface area (Å²) in [6.07, 6.45) is 7.15. The molecule has 0 bridgehead atoms. The van der Waals surface area contributed by atoms with E-state index in [0.717, 1.165) is 44.5 Å². The highest BCUT2D eigenvalue weighted by molar-refractivity contribution is 5.94. The lowest BCUT2D eigenvalue weighted by molar-refractivity contribution is -0.135. The van der Waals surface area contributed by atoms with E-state index in [1.807, 2.05) is 40.1 Å². The lowest BCUT2D eigenvalue weighted by atomic mass is 9.95. The van der Waals surface area contributed by atoms with E-state index in [2.05, 4.69) is 5.10 Å². The molecular weight excluding hydrogens is 328 g/mol. The largest absolute Gasteiger partial charge is 0.342 e. The van der Waals surface area contributed by atoms with Gasteiger partial charge in [0.2, 0.25) is 5.91 Å². The Balaban J connectivity index is 1.36. The van der Waals surface area contributed by atoms with Crippen LogP contribution in [-0.2, 0) is 4.79 Å². The topological polar surface area (TPSA) is 58.4 Å². The van der Waals surface area contributed by atoms with Crippen LogP contribution in [0.2, 0.25) is 0 Å². The quantitative estimate of drug-likeness (QED) is 0.852. The van der Waals surface area contributed by atoms with Crippen LogP contribution in [0.5, 0.6) is 0 Å². The van der Waals surface area contributed by atoms with Crippen molar-refractivity contribution >= 4 is 11.8 Å². The van der Waals surface area contributed by atoms with Crippen molar-refractivity contribution in [2.24, 2.45) is 5.92 Å². The molecule has 6 nitrogen and oxygen atoms in total. The Labute approximate surface area is 153 Å². The molecule has 2 saturated heterocycles. The molecule has 2 fully saturated rings. The van der Waals surface area contributed by atoms with E-state index in [-0.39, 0.29) is 17.7 Å². The monoisotopic (exact) mass is 352 g/mol. The summed E-state index contributed by atoms with van der Waals surface area (Å²) in [4.78, 5) is 29.1. The number of aromatic nitrogens is 2. The minimum absolute atomic E-state index is 0.000692. The van der Waals surface area contributed by atoms with Gasteiger partial charge in [-0.05, 0) is 37.8 Å². The number of hydrogen-bond donors (Lipinski definition) is 0. The second-order valence-corrected chi connectivity index (χ2v) is 7.11. The van der Waals surface area contributed by atoms with E-state index >= 15 is 0 Å². The Kier molecular flexibility index (Phi) is 4.73. The maximum atomic E-state index is 12.8. The van der Waals surface area contributed by atoms with E-state index < -0.39 is 0 Å². The molecule has 2 aromatic rings. The summed E-state index contributed by atoms with van der Waals surface area (Å²) in [5.74, 6) is 0.356. The van der Waals surface area contributed by atoms with Crippen molar-refractivity contribution in [1.82, 2.24) is 19.6 Å². The molecule has 3 heterocycles. The molecule has 0 saturated carbocycles. The fourth-order valence-corrected chi connectivity index (χ4v) is 3.86. The average Bonchev–Trinajstić information content (AvgIpc) is 3.40. The molecule has 0 spiro atoms. The van der Waals surface area contributed by atoms with Crippen LogP contribution in [0.4, 0.5) is 0 Å². The number of nitrogens with zero attached hydrogens (tertiary/aromatic N) is 4. The van der Waals surface area contributed by atoms with Gasteiger partial charge in [0.15, 0.2) is 0 Å². The van der Waals surface area contributed by atoms with E-state index in [0.29, 0.717) is 18.7 Å². The Morgan fingerprint density at radius 3 is 2.31 bits per heavy atom. The summed E-state index contributed by atoms with van der Waals surface area (Å²) < 4.78 is 1.72. The summed E-state index contributed by atoms with van der Waals surface area (Å²) in [7, 11) is 0. The van der Waals surface area contributed by atoms with E-state index in [1.165, 1.54) is 0 Å². The number of likely N-dealkylation sites (tertiary alicyclic amines) is 2. The molecule has 1 aromatic carbocycles. The highest BCUT2D eigenvalue weighted by Gasteiger charge is 2.31. The summed E-state index contributed by atoms with van der Waals surface area (Å²) in [6, 6.07) is 9.75. The van der Waals surface area contributed by atoms with Crippen molar-refractivity contribution in [1.29, 1.82) is 0 Å². The van der Waals surface area contributed by atoms with Gasteiger partial charge >= 0.3 is 0 Å². The number of carbonyl (C=O) groups is 2. The summed E-state index contributed by atoms with van der Waals surface area (Å²) in [6.45, 7) is 3.08. The fourth-order valence-electron chi connectivity index (χ4n) is 3.86. The number of benzene rings is 1. The van der Waals surface area contributed by atoms with Crippen molar-refractivity contribution in [3.63, 3.8) is 0 Å². The van der Waals surface area contributed by atoms with Crippen molar-refractivity contribution in [2.75, 3.05) is 26.2 Å². The second kappa shape index (κ2) is 7.32. The Morgan fingerprint density at radius 2 is 1.62 bits per heavy atom. The average molecular weight is 352 g/mol. The first-order chi connectivity index (χ1) is 12.7. The molecule has 2 amide bonds. The Bertz CT molecular complexity index is 772. The summed E-state index contributed by atoms with van der Waals surface area (Å²) in [5.41, 5.74) is 1.53. The number of amides is 2. The smallest absolute Gasteiger partial charge is 0.257 e. The molecule has 2 aliphatic rings. The molecule has 0 N–H and O–H groups in total. The zero-order valence-corrected chi connectivity index (χ0v) is 14.9. The number of piperidine rings is 1. The summed E-state index contributed by atoms with van der Waals surface area (Å²) >= 11 is 0. The third-order valence-corrected chi connectivity index (χ3v) is 5.40. The van der Waals surface area contributed by atoms with Crippen molar-refractivity contribution in [2.45, 2.75) is 25.7 Å². The van der Waals surface area contributed by atoms with Gasteiger partial charge in [0.1, 0.15) is 0 Å². The van der Waals surface area contributed by atoms with Gasteiger partial charge in [0.25, 0.3) is 5.91 Å². The molecule has 0 unspecified atom stereocenters. The van der Waals surface area contributed by atoms with Crippen LogP contribution < -0.4 is 0 Å². The molecule has 136 valence electrons. The first-order valence-electron chi connectivity index (χ1n) is 9.40. The zero-order chi connectivity index (χ0) is 17.9. The van der Waals surface area contributed by atoms with E-state index in [9.17, 15) is 9.59 Å². The minimum atomic E-state index is -0.000692. The molecule has 1 aromatic heterocycles. The van der Waals surface area contributed by atoms with Crippen molar-refractivity contribution in [3.05, 3.63) is 48.3 Å². The highest BCUT2D eigenvalue weighted by atomic mass is 16.2. The van der Waals surface area contributed by atoms with Gasteiger partial charge in [0, 0.05) is 38.3 Å². The predicted molar refractivity (Wildman–Crippen MR) is 98.0 cm³/mol. The number of carbonyl (C=O) groups excluding carboxylic acids is 2. The van der Waals surface area contributed by atoms with Gasteiger partial charge in [-0.15, -0.1) is 0 Å². The van der Waals surface area contributed by atoms with Crippen LogP contribution in [0.15, 0.2) is 42.7 Å². The number of rotatable bonds is 3. The maximum absolute atomic E-state index is 12.8. The third kappa shape index (κ3) is 3.36. The van der Waals surface area contributed by atoms with Crippen molar-refractivity contribution in [3.8, 4) is 5.69 Å². The molecule has 0 aliphatic carbocycles. The lowest BCUT2D eigenvalue weighted by Crippen LogP contribution is -2.43. The third-order valence-electron chi connectivity index (χ3n) is 5.40. The number of hydrogen-bond acceptors (Lipinski definition) is 3. The molecule has 2 aliphatic heterocycles. The van der Waals surface area contributed by atoms with Crippen LogP contribution >= 0.6 is 0 Å². The van der Waals surface area contributed by atoms with Crippen LogP contribution in [0.25, 0.3) is 5.69 Å². The van der Waals surface area contributed by atoms with Crippen LogP contribution in [0.3, 0.4) is 0 Å². The zero-order valence-electron chi connectivity index (χ0n) is 14.9. The normalized spacial score (nSPS) is 18.3. The second-order valence-electron chi connectivity index (χ2n) is 7.11. The van der Waals surface area contributed by atoms with E-state index in [4.69, 9.17) is 0 Å². The number of para-hydroxylation sites is 1. The van der Waals surface area contributed by atoms with Crippen molar-refractivity contribution < 1.29 is 9.59 Å². The Morgan fingerprint density at radius 1 is 0.923 bits per heavy atom. The van der Waals surface area contributed by atoms with Gasteiger partial charge in [-0.3, -0.25) is 9.59 Å². The van der Waals surface area contributed by atoms with Gasteiger partial charge in [-0.2, -0.15) is 5.10 Å². The van der Waals surface area contributed by atoms with Gasteiger partial charge in [-0.25, -0.2) is 4.68 Å². The first kappa shape index (κ1) is 16.8. The molecule has 26 heavy (non-hydrogen) atoms. The molecule has 0 atom stereocenters. The molecule has 6 heteroatoms. The highest BCUT2D eigenvalue weighted by Crippen LogP contribution is 2.23. The SMILES string of the molecule is O=C(c1cnn(-c2ccccc2)c1)N1CCC(C(=O)N2CCCC2)CC1. The first-order valence-corrected chi connectivity index (χ1v) is 9.40. The standard InChI is InChI=1S/C20H24N4O2/c25-19(22-10-4-5-11-22)16-8-12-23(13-9-16)20(26)17-14-21-24(15-17)18-6-2-1-3-7-18/h1-3,6-7,14-16H,4-5,8-13H2. The van der Waals surface area contributed by atoms with E-state index in [1.54, 1.807) is 17.1 Å². The maximum Gasteiger partial charge on any atom is 0.257 e. The predicted octanol–water partition coefficient (Wildman–Crippen LogP) is 2.35. The van der Waals surface area contributed by atoms with Crippen LogP contribution in [-0.4, -0.2) is 57.6 Å². The van der Waals surface area contributed by atoms with Gasteiger partial charge in [0.05, 0.1) is 17.4 Å². The van der Waals surface area contributed by atoms with Gasteiger partial charge in [-0.1, -0.05) is 18.2 Å². The minimum Gasteiger partial charge on any atom is -0.342 e. The van der Waals surface area contributed by atoms with Crippen LogP contribution in [0, 0.1) is 5.92 Å². The molecular formula is C20H24N4O2. The lowest BCUT2D eigenvalue weighted by Gasteiger charge is -2.33.